The number of alkyl halides is 5. The Hall–Kier alpha value is -1.34. The van der Waals surface area contributed by atoms with Gasteiger partial charge in [-0.1, -0.05) is 0 Å². The molecule has 0 atom stereocenters. The molecule has 0 fully saturated rings. The van der Waals surface area contributed by atoms with Crippen LogP contribution in [0.3, 0.4) is 0 Å². The SMILES string of the molecule is Fc1cncc(C(F)(F)C(F)(F)F)n1. The number of rotatable bonds is 1. The number of aromatic nitrogens is 2. The first-order valence-electron chi connectivity index (χ1n) is 3.17. The molecule has 1 aromatic rings. The van der Waals surface area contributed by atoms with Crippen LogP contribution in [0.25, 0.3) is 0 Å². The fourth-order valence-electron chi connectivity index (χ4n) is 0.639. The van der Waals surface area contributed by atoms with E-state index < -0.39 is 23.7 Å². The molecule has 2 nitrogen and oxygen atoms in total. The Balaban J connectivity index is 3.16. The van der Waals surface area contributed by atoms with Gasteiger partial charge in [0.05, 0.1) is 12.4 Å². The predicted octanol–water partition coefficient (Wildman–Crippen LogP) is 2.27. The van der Waals surface area contributed by atoms with Crippen LogP contribution in [0.2, 0.25) is 0 Å². The molecule has 0 saturated carbocycles. The van der Waals surface area contributed by atoms with Gasteiger partial charge in [0.25, 0.3) is 0 Å². The molecule has 8 heteroatoms. The second-order valence-electron chi connectivity index (χ2n) is 2.30. The van der Waals surface area contributed by atoms with E-state index in [2.05, 4.69) is 9.97 Å². The minimum atomic E-state index is -5.81. The number of hydrogen-bond acceptors (Lipinski definition) is 2. The van der Waals surface area contributed by atoms with Crippen LogP contribution < -0.4 is 0 Å². The lowest BCUT2D eigenvalue weighted by Gasteiger charge is -2.17. The maximum Gasteiger partial charge on any atom is 0.459 e. The van der Waals surface area contributed by atoms with Gasteiger partial charge in [-0.15, -0.1) is 0 Å². The summed E-state index contributed by atoms with van der Waals surface area (Å²) < 4.78 is 72.2. The molecule has 0 unspecified atom stereocenters. The average Bonchev–Trinajstić information content (AvgIpc) is 2.02. The van der Waals surface area contributed by atoms with Crippen molar-refractivity contribution in [2.24, 2.45) is 0 Å². The molecule has 1 rings (SSSR count). The summed E-state index contributed by atoms with van der Waals surface area (Å²) in [6, 6.07) is 0. The summed E-state index contributed by atoms with van der Waals surface area (Å²) >= 11 is 0. The van der Waals surface area contributed by atoms with Crippen molar-refractivity contribution in [2.75, 3.05) is 0 Å². The molecule has 0 aliphatic carbocycles. The lowest BCUT2D eigenvalue weighted by Crippen LogP contribution is -2.34. The third-order valence-corrected chi connectivity index (χ3v) is 1.28. The molecule has 0 spiro atoms. The first-order chi connectivity index (χ1) is 6.25. The minimum Gasteiger partial charge on any atom is -0.258 e. The first kappa shape index (κ1) is 10.7. The Morgan fingerprint density at radius 2 is 1.57 bits per heavy atom. The van der Waals surface area contributed by atoms with Crippen molar-refractivity contribution in [2.45, 2.75) is 12.1 Å². The van der Waals surface area contributed by atoms with Gasteiger partial charge in [-0.2, -0.15) is 26.3 Å². The summed E-state index contributed by atoms with van der Waals surface area (Å²) in [6.07, 6.45) is -5.22. The van der Waals surface area contributed by atoms with Crippen LogP contribution in [0, 0.1) is 5.95 Å². The van der Waals surface area contributed by atoms with Crippen molar-refractivity contribution >= 4 is 0 Å². The van der Waals surface area contributed by atoms with Crippen LogP contribution in [-0.2, 0) is 5.92 Å². The summed E-state index contributed by atoms with van der Waals surface area (Å²) in [5.41, 5.74) is -1.76. The highest BCUT2D eigenvalue weighted by molar-refractivity contribution is 5.07. The number of nitrogens with zero attached hydrogens (tertiary/aromatic N) is 2. The molecule has 78 valence electrons. The van der Waals surface area contributed by atoms with Crippen LogP contribution in [0.4, 0.5) is 26.3 Å². The summed E-state index contributed by atoms with van der Waals surface area (Å²) in [4.78, 5) is 5.26. The van der Waals surface area contributed by atoms with Gasteiger partial charge in [-0.05, 0) is 0 Å². The fraction of sp³-hybridized carbons (Fsp3) is 0.333. The van der Waals surface area contributed by atoms with Crippen LogP contribution >= 0.6 is 0 Å². The average molecular weight is 216 g/mol. The molecular weight excluding hydrogens is 214 g/mol. The predicted molar refractivity (Wildman–Crippen MR) is 31.9 cm³/mol. The third-order valence-electron chi connectivity index (χ3n) is 1.28. The zero-order chi connectivity index (χ0) is 11.0. The summed E-state index contributed by atoms with van der Waals surface area (Å²) in [5.74, 6) is -6.69. The Morgan fingerprint density at radius 3 is 2.00 bits per heavy atom. The largest absolute Gasteiger partial charge is 0.459 e. The molecule has 1 heterocycles. The monoisotopic (exact) mass is 216 g/mol. The fourth-order valence-corrected chi connectivity index (χ4v) is 0.639. The van der Waals surface area contributed by atoms with Gasteiger partial charge >= 0.3 is 12.1 Å². The van der Waals surface area contributed by atoms with E-state index in [0.29, 0.717) is 6.20 Å². The van der Waals surface area contributed by atoms with E-state index in [1.165, 1.54) is 0 Å². The van der Waals surface area contributed by atoms with E-state index in [1.54, 1.807) is 0 Å². The van der Waals surface area contributed by atoms with Gasteiger partial charge < -0.3 is 0 Å². The lowest BCUT2D eigenvalue weighted by atomic mass is 10.2. The quantitative estimate of drug-likeness (QED) is 0.673. The Kier molecular flexibility index (Phi) is 2.38. The Bertz CT molecular complexity index is 333. The minimum absolute atomic E-state index is 0.163. The van der Waals surface area contributed by atoms with E-state index in [1.807, 2.05) is 0 Å². The second-order valence-corrected chi connectivity index (χ2v) is 2.30. The first-order valence-corrected chi connectivity index (χ1v) is 3.17. The van der Waals surface area contributed by atoms with E-state index in [9.17, 15) is 26.3 Å². The molecule has 14 heavy (non-hydrogen) atoms. The summed E-state index contributed by atoms with van der Waals surface area (Å²) in [6.45, 7) is 0. The maximum absolute atomic E-state index is 12.4. The van der Waals surface area contributed by atoms with Gasteiger partial charge in [0.15, 0.2) is 0 Å². The van der Waals surface area contributed by atoms with Gasteiger partial charge in [0.1, 0.15) is 5.69 Å². The van der Waals surface area contributed by atoms with Gasteiger partial charge in [0, 0.05) is 0 Å². The second kappa shape index (κ2) is 3.10. The molecule has 0 aliphatic heterocycles. The highest BCUT2D eigenvalue weighted by Crippen LogP contribution is 2.42. The maximum atomic E-state index is 12.4. The highest BCUT2D eigenvalue weighted by atomic mass is 19.4. The molecular formula is C6H2F6N2. The van der Waals surface area contributed by atoms with E-state index in [-0.39, 0.29) is 6.20 Å². The van der Waals surface area contributed by atoms with Crippen molar-refractivity contribution < 1.29 is 26.3 Å². The third kappa shape index (κ3) is 1.78. The zero-order valence-corrected chi connectivity index (χ0v) is 6.32. The smallest absolute Gasteiger partial charge is 0.258 e. The lowest BCUT2D eigenvalue weighted by molar-refractivity contribution is -0.291. The van der Waals surface area contributed by atoms with Crippen LogP contribution in [0.5, 0.6) is 0 Å². The van der Waals surface area contributed by atoms with Crippen LogP contribution in [0.1, 0.15) is 5.69 Å². The molecule has 0 radical (unpaired) electrons. The molecule has 0 aliphatic rings. The van der Waals surface area contributed by atoms with Crippen molar-refractivity contribution in [3.05, 3.63) is 24.0 Å². The number of hydrogen-bond donors (Lipinski definition) is 0. The Morgan fingerprint density at radius 1 is 1.00 bits per heavy atom. The van der Waals surface area contributed by atoms with E-state index >= 15 is 0 Å². The summed E-state index contributed by atoms with van der Waals surface area (Å²) in [7, 11) is 0. The summed E-state index contributed by atoms with van der Waals surface area (Å²) in [5, 5.41) is 0. The topological polar surface area (TPSA) is 25.8 Å². The van der Waals surface area contributed by atoms with Crippen molar-refractivity contribution in [3.63, 3.8) is 0 Å². The van der Waals surface area contributed by atoms with Crippen molar-refractivity contribution in [1.29, 1.82) is 0 Å². The van der Waals surface area contributed by atoms with E-state index in [4.69, 9.17) is 0 Å². The molecule has 0 bridgehead atoms. The van der Waals surface area contributed by atoms with Crippen molar-refractivity contribution in [1.82, 2.24) is 9.97 Å². The highest BCUT2D eigenvalue weighted by Gasteiger charge is 2.60. The number of halogens is 6. The molecule has 0 N–H and O–H groups in total. The van der Waals surface area contributed by atoms with Gasteiger partial charge in [-0.25, -0.2) is 4.98 Å². The van der Waals surface area contributed by atoms with E-state index in [0.717, 1.165) is 0 Å². The molecule has 0 amide bonds. The normalized spacial score (nSPS) is 13.0. The van der Waals surface area contributed by atoms with Crippen molar-refractivity contribution in [3.8, 4) is 0 Å². The molecule has 0 saturated heterocycles. The zero-order valence-electron chi connectivity index (χ0n) is 6.32. The van der Waals surface area contributed by atoms with Crippen LogP contribution in [-0.4, -0.2) is 16.1 Å². The standard InChI is InChI=1S/C6H2F6N2/c7-4-2-13-1-3(14-4)5(8,9)6(10,11)12/h1-2H. The molecule has 0 aromatic carbocycles. The Labute approximate surface area is 73.6 Å². The van der Waals surface area contributed by atoms with Crippen LogP contribution in [0.15, 0.2) is 12.4 Å². The van der Waals surface area contributed by atoms with Gasteiger partial charge in [0.2, 0.25) is 5.95 Å². The van der Waals surface area contributed by atoms with Gasteiger partial charge in [-0.3, -0.25) is 4.98 Å². The molecule has 1 aromatic heterocycles.